The molecule has 1 heterocycles. The van der Waals surface area contributed by atoms with Crippen molar-refractivity contribution in [1.82, 2.24) is 10.2 Å². The second-order valence-corrected chi connectivity index (χ2v) is 6.81. The maximum atomic E-state index is 12.1. The first-order chi connectivity index (χ1) is 9.83. The Balaban J connectivity index is 1.81. The molecule has 0 radical (unpaired) electrons. The predicted octanol–water partition coefficient (Wildman–Crippen LogP) is 1.55. The van der Waals surface area contributed by atoms with Gasteiger partial charge in [0.15, 0.2) is 0 Å². The summed E-state index contributed by atoms with van der Waals surface area (Å²) in [4.78, 5) is 24.3. The van der Waals surface area contributed by atoms with E-state index in [-0.39, 0.29) is 24.1 Å². The van der Waals surface area contributed by atoms with Crippen molar-refractivity contribution in [3.63, 3.8) is 0 Å². The Bertz CT molecular complexity index is 410. The van der Waals surface area contributed by atoms with E-state index in [1.807, 2.05) is 0 Å². The zero-order valence-corrected chi connectivity index (χ0v) is 13.1. The molecule has 120 valence electrons. The van der Waals surface area contributed by atoms with E-state index < -0.39 is 11.9 Å². The molecule has 1 saturated heterocycles. The molecule has 2 aliphatic rings. The predicted molar refractivity (Wildman–Crippen MR) is 78.0 cm³/mol. The molecule has 2 amide bonds. The second-order valence-electron chi connectivity index (χ2n) is 6.81. The standard InChI is InChI=1S/C15H26N2O4/c1-10(13(18)19)8-17(3)14(20)16-9-15(2)6-7-21-12(15)11-4-5-11/h10-12H,4-9H2,1-3H3,(H,16,20)(H,18,19). The van der Waals surface area contributed by atoms with Crippen LogP contribution in [0.4, 0.5) is 4.79 Å². The molecule has 1 aliphatic heterocycles. The van der Waals surface area contributed by atoms with Gasteiger partial charge in [0.05, 0.1) is 12.0 Å². The third-order valence-corrected chi connectivity index (χ3v) is 4.67. The van der Waals surface area contributed by atoms with Crippen LogP contribution in [-0.4, -0.2) is 54.9 Å². The third-order valence-electron chi connectivity index (χ3n) is 4.67. The molecule has 21 heavy (non-hydrogen) atoms. The fourth-order valence-corrected chi connectivity index (χ4v) is 3.04. The van der Waals surface area contributed by atoms with Crippen molar-refractivity contribution < 1.29 is 19.4 Å². The van der Waals surface area contributed by atoms with E-state index in [0.717, 1.165) is 13.0 Å². The van der Waals surface area contributed by atoms with Gasteiger partial charge in [-0.2, -0.15) is 0 Å². The Hall–Kier alpha value is -1.30. The number of hydrogen-bond donors (Lipinski definition) is 2. The summed E-state index contributed by atoms with van der Waals surface area (Å²) < 4.78 is 5.84. The van der Waals surface area contributed by atoms with Gasteiger partial charge < -0.3 is 20.1 Å². The minimum absolute atomic E-state index is 0.00389. The molecule has 3 atom stereocenters. The molecule has 6 nitrogen and oxygen atoms in total. The van der Waals surface area contributed by atoms with E-state index in [2.05, 4.69) is 12.2 Å². The lowest BCUT2D eigenvalue weighted by atomic mass is 9.81. The summed E-state index contributed by atoms with van der Waals surface area (Å²) >= 11 is 0. The molecule has 0 bridgehead atoms. The molecule has 3 unspecified atom stereocenters. The molecule has 1 saturated carbocycles. The molecular formula is C15H26N2O4. The first-order valence-corrected chi connectivity index (χ1v) is 7.67. The number of rotatable bonds is 6. The van der Waals surface area contributed by atoms with Gasteiger partial charge in [-0.05, 0) is 25.2 Å². The lowest BCUT2D eigenvalue weighted by molar-refractivity contribution is -0.141. The van der Waals surface area contributed by atoms with E-state index in [0.29, 0.717) is 12.5 Å². The van der Waals surface area contributed by atoms with Gasteiger partial charge in [0, 0.05) is 32.2 Å². The zero-order chi connectivity index (χ0) is 15.6. The molecule has 0 aromatic heterocycles. The number of urea groups is 1. The average molecular weight is 298 g/mol. The fourth-order valence-electron chi connectivity index (χ4n) is 3.04. The Morgan fingerprint density at radius 3 is 2.71 bits per heavy atom. The van der Waals surface area contributed by atoms with Gasteiger partial charge in [-0.25, -0.2) is 4.79 Å². The van der Waals surface area contributed by atoms with E-state index in [1.165, 1.54) is 17.7 Å². The Labute approximate surface area is 125 Å². The van der Waals surface area contributed by atoms with Crippen molar-refractivity contribution in [1.29, 1.82) is 0 Å². The number of carbonyl (C=O) groups is 2. The van der Waals surface area contributed by atoms with Gasteiger partial charge >= 0.3 is 12.0 Å². The summed E-state index contributed by atoms with van der Waals surface area (Å²) in [7, 11) is 1.63. The van der Waals surface area contributed by atoms with Crippen molar-refractivity contribution >= 4 is 12.0 Å². The van der Waals surface area contributed by atoms with Crippen LogP contribution in [-0.2, 0) is 9.53 Å². The average Bonchev–Trinajstić information content (AvgIpc) is 3.19. The van der Waals surface area contributed by atoms with Crippen LogP contribution in [0.15, 0.2) is 0 Å². The SMILES string of the molecule is CC(CN(C)C(=O)NCC1(C)CCOC1C1CC1)C(=O)O. The highest BCUT2D eigenvalue weighted by Gasteiger charge is 2.48. The van der Waals surface area contributed by atoms with E-state index in [9.17, 15) is 9.59 Å². The van der Waals surface area contributed by atoms with Crippen molar-refractivity contribution in [2.75, 3.05) is 26.7 Å². The smallest absolute Gasteiger partial charge is 0.317 e. The van der Waals surface area contributed by atoms with Gasteiger partial charge in [-0.15, -0.1) is 0 Å². The summed E-state index contributed by atoms with van der Waals surface area (Å²) in [6.07, 6.45) is 3.67. The number of hydrogen-bond acceptors (Lipinski definition) is 3. The van der Waals surface area contributed by atoms with Crippen LogP contribution in [0.1, 0.15) is 33.1 Å². The highest BCUT2D eigenvalue weighted by molar-refractivity contribution is 5.75. The minimum Gasteiger partial charge on any atom is -0.481 e. The van der Waals surface area contributed by atoms with E-state index >= 15 is 0 Å². The highest BCUT2D eigenvalue weighted by Crippen LogP contribution is 2.47. The summed E-state index contributed by atoms with van der Waals surface area (Å²) in [6.45, 7) is 5.32. The third kappa shape index (κ3) is 3.87. The lowest BCUT2D eigenvalue weighted by Crippen LogP contribution is -2.47. The normalized spacial score (nSPS) is 30.0. The molecule has 2 N–H and O–H groups in total. The number of aliphatic carboxylic acids is 1. The van der Waals surface area contributed by atoms with Crippen LogP contribution >= 0.6 is 0 Å². The van der Waals surface area contributed by atoms with Crippen molar-refractivity contribution in [3.05, 3.63) is 0 Å². The topological polar surface area (TPSA) is 78.9 Å². The highest BCUT2D eigenvalue weighted by atomic mass is 16.5. The summed E-state index contributed by atoms with van der Waals surface area (Å²) in [5.74, 6) is -0.802. The van der Waals surface area contributed by atoms with Gasteiger partial charge in [0.25, 0.3) is 0 Å². The molecule has 0 aromatic carbocycles. The maximum Gasteiger partial charge on any atom is 0.317 e. The van der Waals surface area contributed by atoms with Crippen molar-refractivity contribution in [3.8, 4) is 0 Å². The molecule has 0 spiro atoms. The number of carboxylic acid groups (broad SMARTS) is 1. The monoisotopic (exact) mass is 298 g/mol. The number of carbonyl (C=O) groups excluding carboxylic acids is 1. The maximum absolute atomic E-state index is 12.1. The number of nitrogens with one attached hydrogen (secondary N) is 1. The summed E-state index contributed by atoms with van der Waals surface area (Å²) in [5, 5.41) is 11.8. The number of carboxylic acids is 1. The number of amides is 2. The Morgan fingerprint density at radius 1 is 1.48 bits per heavy atom. The van der Waals surface area contributed by atoms with Crippen LogP contribution in [0.5, 0.6) is 0 Å². The van der Waals surface area contributed by atoms with Crippen LogP contribution in [0, 0.1) is 17.3 Å². The van der Waals surface area contributed by atoms with Crippen molar-refractivity contribution in [2.45, 2.75) is 39.2 Å². The number of ether oxygens (including phenoxy) is 1. The molecule has 2 rings (SSSR count). The molecular weight excluding hydrogens is 272 g/mol. The van der Waals surface area contributed by atoms with Gasteiger partial charge in [0.1, 0.15) is 0 Å². The molecule has 0 aromatic rings. The molecule has 6 heteroatoms. The van der Waals surface area contributed by atoms with E-state index in [1.54, 1.807) is 14.0 Å². The Morgan fingerprint density at radius 2 is 2.14 bits per heavy atom. The van der Waals surface area contributed by atoms with Crippen LogP contribution in [0.2, 0.25) is 0 Å². The first-order valence-electron chi connectivity index (χ1n) is 7.67. The second kappa shape index (κ2) is 6.22. The minimum atomic E-state index is -0.889. The van der Waals surface area contributed by atoms with Crippen LogP contribution in [0.25, 0.3) is 0 Å². The van der Waals surface area contributed by atoms with E-state index in [4.69, 9.17) is 9.84 Å². The largest absolute Gasteiger partial charge is 0.481 e. The van der Waals surface area contributed by atoms with Crippen LogP contribution in [0.3, 0.4) is 0 Å². The fraction of sp³-hybridized carbons (Fsp3) is 0.867. The Kier molecular flexibility index (Phi) is 4.76. The summed E-state index contributed by atoms with van der Waals surface area (Å²) in [6, 6.07) is -0.217. The summed E-state index contributed by atoms with van der Waals surface area (Å²) in [5.41, 5.74) is -0.00389. The molecule has 1 aliphatic carbocycles. The van der Waals surface area contributed by atoms with Gasteiger partial charge in [-0.3, -0.25) is 4.79 Å². The molecule has 2 fully saturated rings. The quantitative estimate of drug-likeness (QED) is 0.780. The van der Waals surface area contributed by atoms with Gasteiger partial charge in [0.2, 0.25) is 0 Å². The van der Waals surface area contributed by atoms with Crippen LogP contribution < -0.4 is 5.32 Å². The first kappa shape index (κ1) is 16.1. The number of nitrogens with zero attached hydrogens (tertiary/aromatic N) is 1. The lowest BCUT2D eigenvalue weighted by Gasteiger charge is -2.31. The zero-order valence-electron chi connectivity index (χ0n) is 13.1. The van der Waals surface area contributed by atoms with Crippen molar-refractivity contribution in [2.24, 2.45) is 17.3 Å². The van der Waals surface area contributed by atoms with Gasteiger partial charge in [-0.1, -0.05) is 13.8 Å².